The molecule has 1 rings (SSSR count). The fourth-order valence-corrected chi connectivity index (χ4v) is 2.33. The lowest BCUT2D eigenvalue weighted by Crippen LogP contribution is -2.51. The Morgan fingerprint density at radius 3 is 2.32 bits per heavy atom. The third kappa shape index (κ3) is 3.83. The van der Waals surface area contributed by atoms with E-state index in [4.69, 9.17) is 5.11 Å². The molecule has 0 radical (unpaired) electrons. The van der Waals surface area contributed by atoms with E-state index in [1.165, 1.54) is 4.90 Å². The second kappa shape index (κ2) is 6.23. The molecule has 1 fully saturated rings. The van der Waals surface area contributed by atoms with Crippen molar-refractivity contribution in [1.82, 2.24) is 9.80 Å². The zero-order chi connectivity index (χ0) is 14.7. The fraction of sp³-hybridized carbons (Fsp3) is 0.846. The summed E-state index contributed by atoms with van der Waals surface area (Å²) in [5.74, 6) is -0.750. The first-order chi connectivity index (χ1) is 8.73. The molecule has 2 atom stereocenters. The molecule has 2 amide bonds. The molecule has 0 spiro atoms. The molecule has 1 saturated heterocycles. The van der Waals surface area contributed by atoms with Crippen LogP contribution < -0.4 is 0 Å². The van der Waals surface area contributed by atoms with E-state index in [9.17, 15) is 14.7 Å². The quantitative estimate of drug-likeness (QED) is 0.799. The maximum Gasteiger partial charge on any atom is 0.326 e. The van der Waals surface area contributed by atoms with E-state index in [2.05, 4.69) is 0 Å². The molecule has 0 aromatic rings. The number of aliphatic hydroxyl groups excluding tert-OH is 1. The summed E-state index contributed by atoms with van der Waals surface area (Å²) in [6.45, 7) is 8.50. The van der Waals surface area contributed by atoms with Crippen molar-refractivity contribution in [1.29, 1.82) is 0 Å². The van der Waals surface area contributed by atoms with Crippen LogP contribution >= 0.6 is 0 Å². The van der Waals surface area contributed by atoms with Gasteiger partial charge in [0.1, 0.15) is 6.04 Å². The van der Waals surface area contributed by atoms with Gasteiger partial charge in [-0.2, -0.15) is 0 Å². The fourth-order valence-electron chi connectivity index (χ4n) is 2.33. The van der Waals surface area contributed by atoms with Crippen LogP contribution in [0.4, 0.5) is 4.79 Å². The Bertz CT molecular complexity index is 344. The van der Waals surface area contributed by atoms with Crippen LogP contribution in [0.25, 0.3) is 0 Å². The van der Waals surface area contributed by atoms with E-state index in [1.807, 2.05) is 27.7 Å². The average Bonchev–Trinajstić information content (AvgIpc) is 2.67. The van der Waals surface area contributed by atoms with E-state index >= 15 is 0 Å². The minimum Gasteiger partial charge on any atom is -0.480 e. The lowest BCUT2D eigenvalue weighted by Gasteiger charge is -2.34. The van der Waals surface area contributed by atoms with Gasteiger partial charge in [-0.1, -0.05) is 13.8 Å². The summed E-state index contributed by atoms with van der Waals surface area (Å²) in [5, 5.41) is 18.7. The number of nitrogens with zero attached hydrogens (tertiary/aromatic N) is 2. The molecule has 0 aromatic heterocycles. The molecule has 6 heteroatoms. The van der Waals surface area contributed by atoms with Gasteiger partial charge in [-0.15, -0.1) is 0 Å². The van der Waals surface area contributed by atoms with Gasteiger partial charge >= 0.3 is 12.0 Å². The van der Waals surface area contributed by atoms with E-state index < -0.39 is 18.1 Å². The molecule has 6 nitrogen and oxygen atoms in total. The average molecular weight is 272 g/mol. The number of aliphatic hydroxyl groups is 1. The van der Waals surface area contributed by atoms with Crippen LogP contribution in [0.5, 0.6) is 0 Å². The zero-order valence-corrected chi connectivity index (χ0v) is 12.0. The highest BCUT2D eigenvalue weighted by Gasteiger charge is 2.41. The summed E-state index contributed by atoms with van der Waals surface area (Å²) in [6.07, 6.45) is -0.646. The number of urea groups is 1. The van der Waals surface area contributed by atoms with Gasteiger partial charge in [-0.3, -0.25) is 0 Å². The van der Waals surface area contributed by atoms with Crippen molar-refractivity contribution in [3.05, 3.63) is 0 Å². The number of β-amino-alcohol motifs (C(OH)–C–C–N with tert-alkyl or cyclic N) is 1. The number of carboxylic acids is 1. The number of amides is 2. The first-order valence-corrected chi connectivity index (χ1v) is 6.72. The number of hydrogen-bond donors (Lipinski definition) is 2. The Kier molecular flexibility index (Phi) is 5.17. The highest BCUT2D eigenvalue weighted by molar-refractivity contribution is 5.83. The van der Waals surface area contributed by atoms with Crippen molar-refractivity contribution in [3.8, 4) is 0 Å². The number of likely N-dealkylation sites (tertiary alicyclic amines) is 1. The topological polar surface area (TPSA) is 81.1 Å². The Labute approximate surface area is 114 Å². The van der Waals surface area contributed by atoms with Crippen molar-refractivity contribution in [2.75, 3.05) is 13.1 Å². The van der Waals surface area contributed by atoms with Gasteiger partial charge in [-0.05, 0) is 19.8 Å². The van der Waals surface area contributed by atoms with Crippen LogP contribution in [0, 0.1) is 5.92 Å². The Balaban J connectivity index is 2.86. The molecule has 0 aliphatic carbocycles. The molecular weight excluding hydrogens is 248 g/mol. The lowest BCUT2D eigenvalue weighted by atomic mass is 10.2. The van der Waals surface area contributed by atoms with Gasteiger partial charge in [0.25, 0.3) is 0 Å². The normalized spacial score (nSPS) is 23.2. The smallest absolute Gasteiger partial charge is 0.326 e. The number of carbonyl (C=O) groups excluding carboxylic acids is 1. The maximum absolute atomic E-state index is 12.5. The van der Waals surface area contributed by atoms with E-state index in [1.54, 1.807) is 4.90 Å². The molecular formula is C13H24N2O4. The summed E-state index contributed by atoms with van der Waals surface area (Å²) in [4.78, 5) is 26.6. The number of aliphatic carboxylic acids is 1. The van der Waals surface area contributed by atoms with Gasteiger partial charge in [0, 0.05) is 25.6 Å². The molecule has 110 valence electrons. The lowest BCUT2D eigenvalue weighted by molar-refractivity contribution is -0.141. The van der Waals surface area contributed by atoms with E-state index in [0.29, 0.717) is 12.5 Å². The number of rotatable bonds is 4. The van der Waals surface area contributed by atoms with Gasteiger partial charge in [0.2, 0.25) is 0 Å². The molecule has 19 heavy (non-hydrogen) atoms. The standard InChI is InChI=1S/C13H24N2O4/c1-8(2)6-14(9(3)4)13(19)15-7-10(16)5-11(15)12(17)18/h8-11,16H,5-7H2,1-4H3,(H,17,18)/t10-,11+/m1/s1. The SMILES string of the molecule is CC(C)CN(C(=O)N1C[C@H](O)C[C@H]1C(=O)O)C(C)C. The largest absolute Gasteiger partial charge is 0.480 e. The second-order valence-electron chi connectivity index (χ2n) is 5.82. The Morgan fingerprint density at radius 2 is 1.89 bits per heavy atom. The third-order valence-corrected chi connectivity index (χ3v) is 3.24. The summed E-state index contributed by atoms with van der Waals surface area (Å²) < 4.78 is 0. The highest BCUT2D eigenvalue weighted by atomic mass is 16.4. The van der Waals surface area contributed by atoms with Crippen LogP contribution in [-0.4, -0.2) is 63.3 Å². The Hall–Kier alpha value is -1.30. The molecule has 0 unspecified atom stereocenters. The van der Waals surface area contributed by atoms with Crippen molar-refractivity contribution in [2.45, 2.75) is 52.3 Å². The van der Waals surface area contributed by atoms with Crippen molar-refractivity contribution < 1.29 is 19.8 Å². The van der Waals surface area contributed by atoms with Crippen molar-refractivity contribution in [3.63, 3.8) is 0 Å². The monoisotopic (exact) mass is 272 g/mol. The van der Waals surface area contributed by atoms with Gasteiger partial charge in [-0.25, -0.2) is 9.59 Å². The molecule has 2 N–H and O–H groups in total. The number of carboxylic acid groups (broad SMARTS) is 1. The highest BCUT2D eigenvalue weighted by Crippen LogP contribution is 2.21. The predicted molar refractivity (Wildman–Crippen MR) is 70.8 cm³/mol. The minimum atomic E-state index is -1.06. The van der Waals surface area contributed by atoms with Gasteiger partial charge in [0.05, 0.1) is 6.10 Å². The molecule has 1 heterocycles. The summed E-state index contributed by atoms with van der Waals surface area (Å²) in [5.41, 5.74) is 0. The minimum absolute atomic E-state index is 0.00193. The Morgan fingerprint density at radius 1 is 1.32 bits per heavy atom. The van der Waals surface area contributed by atoms with Crippen LogP contribution in [0.1, 0.15) is 34.1 Å². The number of hydrogen-bond acceptors (Lipinski definition) is 3. The maximum atomic E-state index is 12.5. The summed E-state index contributed by atoms with van der Waals surface area (Å²) in [7, 11) is 0. The van der Waals surface area contributed by atoms with Crippen LogP contribution in [0.3, 0.4) is 0 Å². The van der Waals surface area contributed by atoms with Crippen LogP contribution in [0.2, 0.25) is 0 Å². The molecule has 1 aliphatic rings. The molecule has 0 saturated carbocycles. The zero-order valence-electron chi connectivity index (χ0n) is 12.0. The molecule has 1 aliphatic heterocycles. The number of carbonyl (C=O) groups is 2. The van der Waals surface area contributed by atoms with Crippen LogP contribution in [0.15, 0.2) is 0 Å². The van der Waals surface area contributed by atoms with Crippen molar-refractivity contribution >= 4 is 12.0 Å². The summed E-state index contributed by atoms with van der Waals surface area (Å²) in [6, 6.07) is -1.22. The first-order valence-electron chi connectivity index (χ1n) is 6.72. The third-order valence-electron chi connectivity index (χ3n) is 3.24. The summed E-state index contributed by atoms with van der Waals surface area (Å²) >= 11 is 0. The van der Waals surface area contributed by atoms with E-state index in [0.717, 1.165) is 0 Å². The van der Waals surface area contributed by atoms with E-state index in [-0.39, 0.29) is 25.0 Å². The molecule has 0 aromatic carbocycles. The second-order valence-corrected chi connectivity index (χ2v) is 5.82. The van der Waals surface area contributed by atoms with Crippen molar-refractivity contribution in [2.24, 2.45) is 5.92 Å². The first kappa shape index (κ1) is 15.8. The predicted octanol–water partition coefficient (Wildman–Crippen LogP) is 0.993. The molecule has 0 bridgehead atoms. The van der Waals surface area contributed by atoms with Gasteiger partial charge in [0.15, 0.2) is 0 Å². The van der Waals surface area contributed by atoms with Gasteiger partial charge < -0.3 is 20.0 Å². The van der Waals surface area contributed by atoms with Crippen LogP contribution in [-0.2, 0) is 4.79 Å².